The lowest BCUT2D eigenvalue weighted by Gasteiger charge is -2.03. The molecule has 4 nitrogen and oxygen atoms in total. The highest BCUT2D eigenvalue weighted by atomic mass is 32.1. The molecular formula is C9H11N3OS2. The molecule has 2 heterocycles. The summed E-state index contributed by atoms with van der Waals surface area (Å²) in [5.74, 6) is 0. The number of aromatic nitrogens is 3. The van der Waals surface area contributed by atoms with Crippen LogP contribution in [0, 0.1) is 11.7 Å². The van der Waals surface area contributed by atoms with Gasteiger partial charge >= 0.3 is 0 Å². The van der Waals surface area contributed by atoms with Crippen molar-refractivity contribution < 1.29 is 5.11 Å². The predicted molar refractivity (Wildman–Crippen MR) is 61.5 cm³/mol. The lowest BCUT2D eigenvalue weighted by molar-refractivity contribution is 0.271. The number of aryl methyl sites for hydroxylation is 1. The SMILES string of the molecule is Cc1nc(Cn2c(CO)c[nH]c2=S)cs1. The minimum Gasteiger partial charge on any atom is -0.390 e. The van der Waals surface area contributed by atoms with Crippen molar-refractivity contribution in [3.05, 3.63) is 32.7 Å². The highest BCUT2D eigenvalue weighted by molar-refractivity contribution is 7.71. The maximum atomic E-state index is 9.11. The van der Waals surface area contributed by atoms with Crippen molar-refractivity contribution in [1.29, 1.82) is 0 Å². The Morgan fingerprint density at radius 2 is 2.47 bits per heavy atom. The molecule has 15 heavy (non-hydrogen) atoms. The molecule has 0 atom stereocenters. The summed E-state index contributed by atoms with van der Waals surface area (Å²) < 4.78 is 2.47. The smallest absolute Gasteiger partial charge is 0.177 e. The first-order valence-corrected chi connectivity index (χ1v) is 5.78. The number of rotatable bonds is 3. The van der Waals surface area contributed by atoms with Gasteiger partial charge in [0.15, 0.2) is 4.77 Å². The third kappa shape index (κ3) is 2.17. The number of hydrogen-bond donors (Lipinski definition) is 2. The molecule has 0 fully saturated rings. The van der Waals surface area contributed by atoms with Crippen molar-refractivity contribution >= 4 is 23.6 Å². The normalized spacial score (nSPS) is 10.8. The quantitative estimate of drug-likeness (QED) is 0.806. The summed E-state index contributed by atoms with van der Waals surface area (Å²) in [6.07, 6.45) is 1.72. The molecule has 2 N–H and O–H groups in total. The highest BCUT2D eigenvalue weighted by Crippen LogP contribution is 2.11. The van der Waals surface area contributed by atoms with Gasteiger partial charge in [-0.3, -0.25) is 0 Å². The minimum atomic E-state index is -0.0176. The minimum absolute atomic E-state index is 0.0176. The molecule has 2 aromatic rings. The number of nitrogens with zero attached hydrogens (tertiary/aromatic N) is 2. The number of H-pyrrole nitrogens is 1. The fourth-order valence-electron chi connectivity index (χ4n) is 1.38. The number of hydrogen-bond acceptors (Lipinski definition) is 4. The van der Waals surface area contributed by atoms with Gasteiger partial charge in [0.1, 0.15) is 0 Å². The van der Waals surface area contributed by atoms with E-state index in [1.165, 1.54) is 0 Å². The van der Waals surface area contributed by atoms with Crippen LogP contribution < -0.4 is 0 Å². The number of nitrogens with one attached hydrogen (secondary N) is 1. The Morgan fingerprint density at radius 1 is 1.67 bits per heavy atom. The molecule has 80 valence electrons. The molecule has 0 aliphatic carbocycles. The molecule has 0 aliphatic heterocycles. The van der Waals surface area contributed by atoms with Gasteiger partial charge < -0.3 is 14.7 Å². The van der Waals surface area contributed by atoms with E-state index in [0.29, 0.717) is 11.3 Å². The molecule has 0 unspecified atom stereocenters. The Bertz CT molecular complexity index is 511. The molecule has 0 aliphatic rings. The molecule has 6 heteroatoms. The Morgan fingerprint density at radius 3 is 3.07 bits per heavy atom. The molecule has 0 saturated carbocycles. The van der Waals surface area contributed by atoms with Crippen LogP contribution in [0.5, 0.6) is 0 Å². The second-order valence-electron chi connectivity index (χ2n) is 3.19. The van der Waals surface area contributed by atoms with Gasteiger partial charge in [0.25, 0.3) is 0 Å². The summed E-state index contributed by atoms with van der Waals surface area (Å²) in [5.41, 5.74) is 1.76. The van der Waals surface area contributed by atoms with Crippen LogP contribution >= 0.6 is 23.6 Å². The summed E-state index contributed by atoms with van der Waals surface area (Å²) in [4.78, 5) is 7.27. The van der Waals surface area contributed by atoms with Gasteiger partial charge in [-0.1, -0.05) is 0 Å². The van der Waals surface area contributed by atoms with Gasteiger partial charge in [0.2, 0.25) is 0 Å². The van der Waals surface area contributed by atoms with Crippen molar-refractivity contribution in [3.63, 3.8) is 0 Å². The standard InChI is InChI=1S/C9H11N3OS2/c1-6-11-7(5-15-6)3-12-8(4-13)2-10-9(12)14/h2,5,13H,3-4H2,1H3,(H,10,14). The van der Waals surface area contributed by atoms with Crippen LogP contribution in [0.15, 0.2) is 11.6 Å². The highest BCUT2D eigenvalue weighted by Gasteiger charge is 2.05. The predicted octanol–water partition coefficient (Wildman–Crippen LogP) is 1.85. The number of thiazole rings is 1. The van der Waals surface area contributed by atoms with E-state index in [2.05, 4.69) is 9.97 Å². The zero-order chi connectivity index (χ0) is 10.8. The molecule has 0 radical (unpaired) electrons. The van der Waals surface area contributed by atoms with Crippen molar-refractivity contribution in [2.24, 2.45) is 0 Å². The first kappa shape index (κ1) is 10.5. The number of aromatic amines is 1. The van der Waals surface area contributed by atoms with E-state index in [1.54, 1.807) is 17.5 Å². The second-order valence-corrected chi connectivity index (χ2v) is 4.64. The fourth-order valence-corrected chi connectivity index (χ4v) is 2.22. The van der Waals surface area contributed by atoms with E-state index < -0.39 is 0 Å². The summed E-state index contributed by atoms with van der Waals surface area (Å²) in [6, 6.07) is 0. The van der Waals surface area contributed by atoms with Crippen LogP contribution in [0.25, 0.3) is 0 Å². The van der Waals surface area contributed by atoms with Gasteiger partial charge in [-0.05, 0) is 19.1 Å². The average molecular weight is 241 g/mol. The van der Waals surface area contributed by atoms with Gasteiger partial charge in [0, 0.05) is 11.6 Å². The average Bonchev–Trinajstić information content (AvgIpc) is 2.76. The molecule has 2 rings (SSSR count). The Kier molecular flexibility index (Phi) is 2.99. The fraction of sp³-hybridized carbons (Fsp3) is 0.333. The molecule has 0 amide bonds. The summed E-state index contributed by atoms with van der Waals surface area (Å²) in [6.45, 7) is 2.57. The van der Waals surface area contributed by atoms with E-state index in [1.807, 2.05) is 16.9 Å². The van der Waals surface area contributed by atoms with Gasteiger partial charge in [-0.15, -0.1) is 11.3 Å². The van der Waals surface area contributed by atoms with Crippen LogP contribution in [-0.2, 0) is 13.2 Å². The Balaban J connectivity index is 2.31. The van der Waals surface area contributed by atoms with Crippen LogP contribution in [0.1, 0.15) is 16.4 Å². The summed E-state index contributed by atoms with van der Waals surface area (Å²) in [5, 5.41) is 12.2. The van der Waals surface area contributed by atoms with Crippen molar-refractivity contribution in [2.75, 3.05) is 0 Å². The largest absolute Gasteiger partial charge is 0.390 e. The van der Waals surface area contributed by atoms with E-state index in [9.17, 15) is 0 Å². The topological polar surface area (TPSA) is 53.8 Å². The maximum absolute atomic E-state index is 9.11. The zero-order valence-corrected chi connectivity index (χ0v) is 9.86. The Hall–Kier alpha value is -0.980. The van der Waals surface area contributed by atoms with Crippen molar-refractivity contribution in [3.8, 4) is 0 Å². The third-order valence-corrected chi connectivity index (χ3v) is 3.26. The molecule has 2 aromatic heterocycles. The Labute approximate surface area is 96.2 Å². The summed E-state index contributed by atoms with van der Waals surface area (Å²) in [7, 11) is 0. The molecule has 0 bridgehead atoms. The first-order chi connectivity index (χ1) is 7.20. The van der Waals surface area contributed by atoms with Crippen molar-refractivity contribution in [2.45, 2.75) is 20.1 Å². The zero-order valence-electron chi connectivity index (χ0n) is 8.23. The number of aliphatic hydroxyl groups excluding tert-OH is 1. The van der Waals surface area contributed by atoms with Gasteiger partial charge in [0.05, 0.1) is 29.5 Å². The molecule has 0 saturated heterocycles. The summed E-state index contributed by atoms with van der Waals surface area (Å²) >= 11 is 6.73. The van der Waals surface area contributed by atoms with E-state index in [0.717, 1.165) is 16.4 Å². The van der Waals surface area contributed by atoms with E-state index in [4.69, 9.17) is 17.3 Å². The van der Waals surface area contributed by atoms with Crippen LogP contribution in [-0.4, -0.2) is 19.6 Å². The molecule has 0 aromatic carbocycles. The molecular weight excluding hydrogens is 230 g/mol. The maximum Gasteiger partial charge on any atom is 0.177 e. The van der Waals surface area contributed by atoms with Crippen LogP contribution in [0.2, 0.25) is 0 Å². The lowest BCUT2D eigenvalue weighted by Crippen LogP contribution is -2.04. The number of aliphatic hydroxyl groups is 1. The lowest BCUT2D eigenvalue weighted by atomic mass is 10.4. The van der Waals surface area contributed by atoms with Gasteiger partial charge in [-0.25, -0.2) is 4.98 Å². The number of imidazole rings is 1. The first-order valence-electron chi connectivity index (χ1n) is 4.49. The second kappa shape index (κ2) is 4.26. The van der Waals surface area contributed by atoms with Crippen LogP contribution in [0.4, 0.5) is 0 Å². The third-order valence-electron chi connectivity index (χ3n) is 2.10. The van der Waals surface area contributed by atoms with Gasteiger partial charge in [-0.2, -0.15) is 0 Å². The molecule has 0 spiro atoms. The van der Waals surface area contributed by atoms with E-state index >= 15 is 0 Å². The van der Waals surface area contributed by atoms with E-state index in [-0.39, 0.29) is 6.61 Å². The van der Waals surface area contributed by atoms with Crippen LogP contribution in [0.3, 0.4) is 0 Å². The monoisotopic (exact) mass is 241 g/mol. The van der Waals surface area contributed by atoms with Crippen molar-refractivity contribution in [1.82, 2.24) is 14.5 Å².